The Labute approximate surface area is 151 Å². The monoisotopic (exact) mass is 359 g/mol. The average molecular weight is 359 g/mol. The molecule has 5 rings (SSSR count). The van der Waals surface area contributed by atoms with E-state index in [4.69, 9.17) is 4.84 Å². The van der Waals surface area contributed by atoms with Crippen LogP contribution in [0.2, 0.25) is 0 Å². The quantitative estimate of drug-likeness (QED) is 0.819. The van der Waals surface area contributed by atoms with Gasteiger partial charge in [-0.25, -0.2) is 14.4 Å². The minimum Gasteiger partial charge on any atom is -0.386 e. The van der Waals surface area contributed by atoms with Gasteiger partial charge in [0.2, 0.25) is 5.95 Å². The molecule has 3 aliphatic heterocycles. The first kappa shape index (κ1) is 16.0. The van der Waals surface area contributed by atoms with Crippen molar-refractivity contribution < 1.29 is 14.0 Å². The minimum absolute atomic E-state index is 0.150. The molecule has 4 heterocycles. The van der Waals surface area contributed by atoms with Crippen LogP contribution < -0.4 is 4.90 Å². The molecule has 1 amide bonds. The molecule has 2 saturated heterocycles. The van der Waals surface area contributed by atoms with Crippen LogP contribution >= 0.6 is 0 Å². The molecule has 26 heavy (non-hydrogen) atoms. The van der Waals surface area contributed by atoms with E-state index in [-0.39, 0.29) is 24.9 Å². The van der Waals surface area contributed by atoms with E-state index >= 15 is 0 Å². The summed E-state index contributed by atoms with van der Waals surface area (Å²) in [6, 6.07) is 1.79. The fourth-order valence-electron chi connectivity index (χ4n) is 4.35. The summed E-state index contributed by atoms with van der Waals surface area (Å²) in [5.74, 6) is 0.644. The van der Waals surface area contributed by atoms with E-state index in [9.17, 15) is 9.18 Å². The Hall–Kier alpha value is -2.25. The number of carbonyl (C=O) groups excluding carboxylic acids is 1. The largest absolute Gasteiger partial charge is 0.386 e. The Bertz CT molecular complexity index is 747. The molecule has 3 fully saturated rings. The molecule has 1 atom stereocenters. The Morgan fingerprint density at radius 1 is 1.23 bits per heavy atom. The fraction of sp³-hybridized carbons (Fsp3) is 0.667. The number of nitrogens with zero attached hydrogens (tertiary/aromatic N) is 5. The van der Waals surface area contributed by atoms with Crippen LogP contribution in [-0.4, -0.2) is 63.9 Å². The summed E-state index contributed by atoms with van der Waals surface area (Å²) in [4.78, 5) is 30.7. The predicted octanol–water partition coefficient (Wildman–Crippen LogP) is 1.55. The minimum atomic E-state index is -1.17. The van der Waals surface area contributed by atoms with Gasteiger partial charge in [-0.15, -0.1) is 0 Å². The van der Waals surface area contributed by atoms with E-state index in [0.29, 0.717) is 24.6 Å². The summed E-state index contributed by atoms with van der Waals surface area (Å²) < 4.78 is 14.5. The van der Waals surface area contributed by atoms with Crippen molar-refractivity contribution in [3.05, 3.63) is 18.5 Å². The summed E-state index contributed by atoms with van der Waals surface area (Å²) in [5, 5.41) is 4.09. The van der Waals surface area contributed by atoms with Gasteiger partial charge in [0.25, 0.3) is 5.91 Å². The van der Waals surface area contributed by atoms with Gasteiger partial charge in [-0.2, -0.15) is 0 Å². The van der Waals surface area contributed by atoms with Crippen molar-refractivity contribution in [2.45, 2.75) is 43.4 Å². The molecule has 0 unspecified atom stereocenters. The van der Waals surface area contributed by atoms with Crippen LogP contribution in [0.15, 0.2) is 23.6 Å². The Morgan fingerprint density at radius 2 is 2.00 bits per heavy atom. The normalized spacial score (nSPS) is 30.0. The average Bonchev–Trinajstić information content (AvgIpc) is 3.42. The van der Waals surface area contributed by atoms with Gasteiger partial charge in [0.1, 0.15) is 11.4 Å². The van der Waals surface area contributed by atoms with Gasteiger partial charge < -0.3 is 14.6 Å². The van der Waals surface area contributed by atoms with Gasteiger partial charge in [0.15, 0.2) is 5.60 Å². The van der Waals surface area contributed by atoms with Crippen molar-refractivity contribution in [2.24, 2.45) is 11.1 Å². The number of hydrogen-bond donors (Lipinski definition) is 0. The lowest BCUT2D eigenvalue weighted by Crippen LogP contribution is -2.63. The summed E-state index contributed by atoms with van der Waals surface area (Å²) in [7, 11) is 0. The van der Waals surface area contributed by atoms with Crippen molar-refractivity contribution in [2.75, 3.05) is 31.1 Å². The van der Waals surface area contributed by atoms with Gasteiger partial charge >= 0.3 is 0 Å². The summed E-state index contributed by atoms with van der Waals surface area (Å²) in [6.45, 7) is 1.86. The summed E-state index contributed by atoms with van der Waals surface area (Å²) >= 11 is 0. The predicted molar refractivity (Wildman–Crippen MR) is 92.5 cm³/mol. The van der Waals surface area contributed by atoms with E-state index < -0.39 is 11.3 Å². The third kappa shape index (κ3) is 2.62. The number of amides is 1. The standard InChI is InChI=1S/C18H22FN5O2/c19-18(13-3-4-13)11-24(12-18)15(25)14-9-17(26-22-14)5-1-8-23(10-17)16-20-6-2-7-21-16/h2,6-7,13H,1,3-5,8-12H2/t17-/m1/s1. The van der Waals surface area contributed by atoms with Crippen molar-refractivity contribution in [1.29, 1.82) is 0 Å². The first-order valence-electron chi connectivity index (χ1n) is 9.32. The van der Waals surface area contributed by atoms with E-state index in [0.717, 1.165) is 32.2 Å². The Kier molecular flexibility index (Phi) is 3.45. The molecule has 1 spiro atoms. The molecule has 138 valence electrons. The SMILES string of the molecule is O=C(C1=NO[C@]2(CCCN(c3ncccn3)C2)C1)N1CC(F)(C2CC2)C1. The molecule has 0 aromatic carbocycles. The molecule has 8 heteroatoms. The zero-order valence-electron chi connectivity index (χ0n) is 14.6. The molecular weight excluding hydrogens is 337 g/mol. The third-order valence-electron chi connectivity index (χ3n) is 5.96. The molecule has 1 aromatic rings. The number of halogens is 1. The molecule has 7 nitrogen and oxygen atoms in total. The van der Waals surface area contributed by atoms with Crippen molar-refractivity contribution >= 4 is 17.6 Å². The van der Waals surface area contributed by atoms with Crippen molar-refractivity contribution in [1.82, 2.24) is 14.9 Å². The molecule has 1 aromatic heterocycles. The molecule has 0 N–H and O–H groups in total. The fourth-order valence-corrected chi connectivity index (χ4v) is 4.35. The lowest BCUT2D eigenvalue weighted by molar-refractivity contribution is -0.139. The van der Waals surface area contributed by atoms with Crippen LogP contribution in [0.25, 0.3) is 0 Å². The third-order valence-corrected chi connectivity index (χ3v) is 5.96. The van der Waals surface area contributed by atoms with Crippen LogP contribution in [0, 0.1) is 5.92 Å². The van der Waals surface area contributed by atoms with Gasteiger partial charge in [0, 0.05) is 25.4 Å². The number of carbonyl (C=O) groups is 1. The number of hydrogen-bond acceptors (Lipinski definition) is 6. The highest BCUT2D eigenvalue weighted by molar-refractivity contribution is 6.39. The Morgan fingerprint density at radius 3 is 2.73 bits per heavy atom. The van der Waals surface area contributed by atoms with Crippen molar-refractivity contribution in [3.63, 3.8) is 0 Å². The van der Waals surface area contributed by atoms with Crippen LogP contribution in [0.5, 0.6) is 0 Å². The second-order valence-corrected chi connectivity index (χ2v) is 8.03. The highest BCUT2D eigenvalue weighted by Crippen LogP contribution is 2.47. The van der Waals surface area contributed by atoms with Gasteiger partial charge in [-0.3, -0.25) is 4.79 Å². The number of rotatable bonds is 3. The number of alkyl halides is 1. The van der Waals surface area contributed by atoms with Crippen LogP contribution in [0.4, 0.5) is 10.3 Å². The molecule has 1 aliphatic carbocycles. The number of likely N-dealkylation sites (tertiary alicyclic amines) is 1. The van der Waals surface area contributed by atoms with E-state index in [1.165, 1.54) is 0 Å². The molecule has 1 saturated carbocycles. The zero-order chi connectivity index (χ0) is 17.8. The Balaban J connectivity index is 1.23. The zero-order valence-corrected chi connectivity index (χ0v) is 14.6. The number of anilines is 1. The second-order valence-electron chi connectivity index (χ2n) is 8.03. The summed E-state index contributed by atoms with van der Waals surface area (Å²) in [6.07, 6.45) is 7.57. The van der Waals surface area contributed by atoms with Gasteiger partial charge in [-0.1, -0.05) is 5.16 Å². The molecule has 4 aliphatic rings. The molecule has 0 radical (unpaired) electrons. The topological polar surface area (TPSA) is 70.9 Å². The van der Waals surface area contributed by atoms with E-state index in [1.54, 1.807) is 23.4 Å². The maximum atomic E-state index is 14.5. The maximum absolute atomic E-state index is 14.5. The van der Waals surface area contributed by atoms with Gasteiger partial charge in [0.05, 0.1) is 19.6 Å². The van der Waals surface area contributed by atoms with E-state index in [2.05, 4.69) is 20.0 Å². The highest BCUT2D eigenvalue weighted by atomic mass is 19.1. The van der Waals surface area contributed by atoms with Crippen LogP contribution in [0.1, 0.15) is 32.1 Å². The van der Waals surface area contributed by atoms with Crippen molar-refractivity contribution in [3.8, 4) is 0 Å². The molecular formula is C18H22FN5O2. The smallest absolute Gasteiger partial charge is 0.272 e. The lowest BCUT2D eigenvalue weighted by Gasteiger charge is -2.44. The van der Waals surface area contributed by atoms with Crippen LogP contribution in [-0.2, 0) is 9.63 Å². The van der Waals surface area contributed by atoms with Gasteiger partial charge in [-0.05, 0) is 37.7 Å². The molecule has 0 bridgehead atoms. The van der Waals surface area contributed by atoms with E-state index in [1.807, 2.05) is 0 Å². The summed E-state index contributed by atoms with van der Waals surface area (Å²) in [5.41, 5.74) is -1.25. The number of oxime groups is 1. The number of piperidine rings is 1. The highest BCUT2D eigenvalue weighted by Gasteiger charge is 2.56. The number of aromatic nitrogens is 2. The lowest BCUT2D eigenvalue weighted by atomic mass is 9.86. The maximum Gasteiger partial charge on any atom is 0.272 e. The van der Waals surface area contributed by atoms with Crippen LogP contribution in [0.3, 0.4) is 0 Å². The first-order chi connectivity index (χ1) is 12.6. The second kappa shape index (κ2) is 5.62. The first-order valence-corrected chi connectivity index (χ1v) is 9.32.